The lowest BCUT2D eigenvalue weighted by molar-refractivity contribution is -0.118. The Morgan fingerprint density at radius 3 is 2.33 bits per heavy atom. The Morgan fingerprint density at radius 1 is 1.11 bits per heavy atom. The molecule has 0 spiro atoms. The van der Waals surface area contributed by atoms with Crippen LogP contribution >= 0.6 is 15.9 Å². The molecule has 1 unspecified atom stereocenters. The average molecular weight is 306 g/mol. The lowest BCUT2D eigenvalue weighted by Crippen LogP contribution is -2.18. The third-order valence-electron chi connectivity index (χ3n) is 5.15. The molecule has 3 aliphatic rings. The third kappa shape index (κ3) is 1.56. The highest BCUT2D eigenvalue weighted by molar-refractivity contribution is 9.10. The van der Waals surface area contributed by atoms with Gasteiger partial charge in [0.15, 0.2) is 0 Å². The van der Waals surface area contributed by atoms with E-state index in [1.54, 1.807) is 0 Å². The highest BCUT2D eigenvalue weighted by Crippen LogP contribution is 2.69. The molecule has 3 saturated carbocycles. The van der Waals surface area contributed by atoms with E-state index in [4.69, 9.17) is 0 Å². The van der Waals surface area contributed by atoms with Gasteiger partial charge in [-0.25, -0.2) is 0 Å². The number of rotatable bonds is 2. The minimum Gasteiger partial charge on any atom is -0.326 e. The molecule has 1 aromatic carbocycles. The molecule has 0 aliphatic heterocycles. The van der Waals surface area contributed by atoms with E-state index in [2.05, 4.69) is 21.2 Å². The smallest absolute Gasteiger partial charge is 0.228 e. The van der Waals surface area contributed by atoms with Crippen molar-refractivity contribution in [3.05, 3.63) is 28.7 Å². The summed E-state index contributed by atoms with van der Waals surface area (Å²) in [6, 6.07) is 7.84. The molecular weight excluding hydrogens is 290 g/mol. The standard InChI is InChI=1S/C15H16BrNO/c16-10-3-5-11(6-4-10)17-15(18)14-12-8-1-2-9(7-8)13(12)14/h3-6,8-9,12-14H,1-2,7H2,(H,17,18)/t8-,9-,12-,13+,14?/m1/s1. The maximum Gasteiger partial charge on any atom is 0.228 e. The highest BCUT2D eigenvalue weighted by Gasteiger charge is 2.67. The van der Waals surface area contributed by atoms with E-state index in [0.717, 1.165) is 33.8 Å². The molecule has 0 radical (unpaired) electrons. The van der Waals surface area contributed by atoms with E-state index in [9.17, 15) is 4.79 Å². The minimum absolute atomic E-state index is 0.254. The first kappa shape index (κ1) is 11.0. The first-order valence-electron chi connectivity index (χ1n) is 6.80. The second-order valence-electron chi connectivity index (χ2n) is 6.01. The SMILES string of the molecule is O=C(Nc1ccc(Br)cc1)C1[C@@H]2[C@@H]3CC[C@H](C3)[C@H]12. The molecule has 3 fully saturated rings. The van der Waals surface area contributed by atoms with Crippen molar-refractivity contribution in [1.82, 2.24) is 0 Å². The van der Waals surface area contributed by atoms with Crippen LogP contribution in [0.1, 0.15) is 19.3 Å². The lowest BCUT2D eigenvalue weighted by atomic mass is 10.0. The number of carbonyl (C=O) groups excluding carboxylic acids is 1. The monoisotopic (exact) mass is 305 g/mol. The van der Waals surface area contributed by atoms with Crippen LogP contribution in [0.25, 0.3) is 0 Å². The van der Waals surface area contributed by atoms with Gasteiger partial charge in [-0.15, -0.1) is 0 Å². The molecule has 5 atom stereocenters. The van der Waals surface area contributed by atoms with Crippen molar-refractivity contribution < 1.29 is 4.79 Å². The predicted octanol–water partition coefficient (Wildman–Crippen LogP) is 3.68. The number of nitrogens with one attached hydrogen (secondary N) is 1. The zero-order valence-electron chi connectivity index (χ0n) is 10.1. The van der Waals surface area contributed by atoms with Gasteiger partial charge in [-0.1, -0.05) is 15.9 Å². The molecular formula is C15H16BrNO. The van der Waals surface area contributed by atoms with E-state index in [1.807, 2.05) is 24.3 Å². The van der Waals surface area contributed by atoms with E-state index >= 15 is 0 Å². The summed E-state index contributed by atoms with van der Waals surface area (Å²) in [5.74, 6) is 3.74. The van der Waals surface area contributed by atoms with Gasteiger partial charge in [0.1, 0.15) is 0 Å². The van der Waals surface area contributed by atoms with Crippen molar-refractivity contribution in [2.24, 2.45) is 29.6 Å². The summed E-state index contributed by atoms with van der Waals surface area (Å²) in [6.07, 6.45) is 4.14. The molecule has 4 rings (SSSR count). The molecule has 1 amide bonds. The number of hydrogen-bond acceptors (Lipinski definition) is 1. The van der Waals surface area contributed by atoms with E-state index < -0.39 is 0 Å². The lowest BCUT2D eigenvalue weighted by Gasteiger charge is -2.09. The van der Waals surface area contributed by atoms with Gasteiger partial charge in [0.05, 0.1) is 0 Å². The predicted molar refractivity (Wildman–Crippen MR) is 74.1 cm³/mol. The highest BCUT2D eigenvalue weighted by atomic mass is 79.9. The van der Waals surface area contributed by atoms with Crippen LogP contribution < -0.4 is 5.32 Å². The molecule has 2 nitrogen and oxygen atoms in total. The fourth-order valence-electron chi connectivity index (χ4n) is 4.43. The Kier molecular flexibility index (Phi) is 2.35. The van der Waals surface area contributed by atoms with Crippen LogP contribution in [0.15, 0.2) is 28.7 Å². The van der Waals surface area contributed by atoms with Crippen molar-refractivity contribution in [2.45, 2.75) is 19.3 Å². The van der Waals surface area contributed by atoms with Gasteiger partial charge in [-0.05, 0) is 67.2 Å². The fraction of sp³-hybridized carbons (Fsp3) is 0.533. The van der Waals surface area contributed by atoms with E-state index in [-0.39, 0.29) is 5.91 Å². The molecule has 0 aromatic heterocycles. The van der Waals surface area contributed by atoms with Gasteiger partial charge in [0, 0.05) is 16.1 Å². The Bertz CT molecular complexity index is 482. The normalized spacial score (nSPS) is 39.5. The maximum atomic E-state index is 12.3. The minimum atomic E-state index is 0.254. The van der Waals surface area contributed by atoms with Gasteiger partial charge >= 0.3 is 0 Å². The largest absolute Gasteiger partial charge is 0.326 e. The maximum absolute atomic E-state index is 12.3. The van der Waals surface area contributed by atoms with Crippen molar-refractivity contribution in [2.75, 3.05) is 5.32 Å². The van der Waals surface area contributed by atoms with Crippen LogP contribution in [0, 0.1) is 29.6 Å². The first-order valence-corrected chi connectivity index (χ1v) is 7.60. The van der Waals surface area contributed by atoms with Crippen molar-refractivity contribution in [3.63, 3.8) is 0 Å². The zero-order chi connectivity index (χ0) is 12.3. The van der Waals surface area contributed by atoms with Gasteiger partial charge in [-0.2, -0.15) is 0 Å². The molecule has 0 heterocycles. The van der Waals surface area contributed by atoms with Crippen LogP contribution in [0.2, 0.25) is 0 Å². The van der Waals surface area contributed by atoms with Crippen LogP contribution in [-0.2, 0) is 4.79 Å². The number of carbonyl (C=O) groups is 1. The summed E-state index contributed by atoms with van der Waals surface area (Å²) in [6.45, 7) is 0. The van der Waals surface area contributed by atoms with Crippen LogP contribution in [0.5, 0.6) is 0 Å². The Morgan fingerprint density at radius 2 is 1.72 bits per heavy atom. The first-order chi connectivity index (χ1) is 8.74. The molecule has 1 aromatic rings. The molecule has 1 N–H and O–H groups in total. The Labute approximate surface area is 115 Å². The summed E-state index contributed by atoms with van der Waals surface area (Å²) in [4.78, 5) is 12.3. The van der Waals surface area contributed by atoms with Crippen LogP contribution in [0.3, 0.4) is 0 Å². The zero-order valence-corrected chi connectivity index (χ0v) is 11.7. The van der Waals surface area contributed by atoms with Crippen molar-refractivity contribution in [1.29, 1.82) is 0 Å². The summed E-state index contributed by atoms with van der Waals surface area (Å²) in [5.41, 5.74) is 0.917. The van der Waals surface area contributed by atoms with Crippen molar-refractivity contribution in [3.8, 4) is 0 Å². The van der Waals surface area contributed by atoms with Crippen LogP contribution in [0.4, 0.5) is 5.69 Å². The number of hydrogen-bond donors (Lipinski definition) is 1. The molecule has 3 aliphatic carbocycles. The molecule has 2 bridgehead atoms. The van der Waals surface area contributed by atoms with Gasteiger partial charge < -0.3 is 5.32 Å². The quantitative estimate of drug-likeness (QED) is 0.887. The third-order valence-corrected chi connectivity index (χ3v) is 5.68. The second-order valence-corrected chi connectivity index (χ2v) is 6.93. The number of fused-ring (bicyclic) bond motifs is 5. The van der Waals surface area contributed by atoms with Gasteiger partial charge in [0.2, 0.25) is 5.91 Å². The molecule has 0 saturated heterocycles. The molecule has 18 heavy (non-hydrogen) atoms. The number of halogens is 1. The second kappa shape index (κ2) is 3.83. The van der Waals surface area contributed by atoms with E-state index in [0.29, 0.717) is 5.92 Å². The van der Waals surface area contributed by atoms with Crippen LogP contribution in [-0.4, -0.2) is 5.91 Å². The summed E-state index contributed by atoms with van der Waals surface area (Å²) >= 11 is 3.40. The number of amides is 1. The summed E-state index contributed by atoms with van der Waals surface area (Å²) < 4.78 is 1.04. The molecule has 94 valence electrons. The fourth-order valence-corrected chi connectivity index (χ4v) is 4.70. The van der Waals surface area contributed by atoms with Gasteiger partial charge in [0.25, 0.3) is 0 Å². The topological polar surface area (TPSA) is 29.1 Å². The molecule has 3 heteroatoms. The summed E-state index contributed by atoms with van der Waals surface area (Å²) in [7, 11) is 0. The van der Waals surface area contributed by atoms with E-state index in [1.165, 1.54) is 19.3 Å². The summed E-state index contributed by atoms with van der Waals surface area (Å²) in [5, 5.41) is 3.07. The Hall–Kier alpha value is -0.830. The average Bonchev–Trinajstić information content (AvgIpc) is 2.82. The number of anilines is 1. The van der Waals surface area contributed by atoms with Crippen molar-refractivity contribution >= 4 is 27.5 Å². The number of benzene rings is 1. The van der Waals surface area contributed by atoms with Gasteiger partial charge in [-0.3, -0.25) is 4.79 Å². The Balaban J connectivity index is 1.45.